The molecule has 0 spiro atoms. The van der Waals surface area contributed by atoms with Gasteiger partial charge in [0.1, 0.15) is 12.4 Å². The van der Waals surface area contributed by atoms with Crippen LogP contribution in [0.3, 0.4) is 0 Å². The highest BCUT2D eigenvalue weighted by atomic mass is 35.5. The van der Waals surface area contributed by atoms with Gasteiger partial charge in [0.25, 0.3) is 0 Å². The van der Waals surface area contributed by atoms with Crippen molar-refractivity contribution in [2.75, 3.05) is 7.05 Å². The molecule has 102 valence electrons. The second-order valence-electron chi connectivity index (χ2n) is 4.19. The van der Waals surface area contributed by atoms with Crippen molar-refractivity contribution >= 4 is 34.5 Å². The zero-order valence-corrected chi connectivity index (χ0v) is 13.1. The van der Waals surface area contributed by atoms with Gasteiger partial charge >= 0.3 is 0 Å². The van der Waals surface area contributed by atoms with Crippen molar-refractivity contribution in [2.45, 2.75) is 20.1 Å². The maximum atomic E-state index is 5.95. The van der Waals surface area contributed by atoms with Crippen LogP contribution in [-0.2, 0) is 13.2 Å². The third-order valence-corrected chi connectivity index (χ3v) is 4.54. The molecule has 0 radical (unpaired) electrons. The number of hydrogen-bond acceptors (Lipinski definition) is 3. The van der Waals surface area contributed by atoms with Crippen LogP contribution in [0, 0.1) is 6.92 Å². The van der Waals surface area contributed by atoms with Crippen LogP contribution in [0.2, 0.25) is 10.0 Å². The van der Waals surface area contributed by atoms with Crippen LogP contribution in [0.1, 0.15) is 15.3 Å². The SMILES string of the molecule is CNCc1cc(COc2ccc(Cl)c(Cl)c2)c(C)s1. The molecule has 0 aliphatic rings. The third-order valence-electron chi connectivity index (χ3n) is 2.71. The second kappa shape index (κ2) is 6.62. The molecule has 1 heterocycles. The van der Waals surface area contributed by atoms with Gasteiger partial charge in [-0.15, -0.1) is 11.3 Å². The molecule has 5 heteroatoms. The monoisotopic (exact) mass is 315 g/mol. The summed E-state index contributed by atoms with van der Waals surface area (Å²) < 4.78 is 5.74. The standard InChI is InChI=1S/C14H15Cl2NOS/c1-9-10(5-12(19-9)7-17-2)8-18-11-3-4-13(15)14(16)6-11/h3-6,17H,7-8H2,1-2H3. The lowest BCUT2D eigenvalue weighted by Gasteiger charge is -2.06. The first-order valence-corrected chi connectivity index (χ1v) is 7.48. The molecule has 19 heavy (non-hydrogen) atoms. The number of thiophene rings is 1. The molecular formula is C14H15Cl2NOS. The predicted molar refractivity (Wildman–Crippen MR) is 82.6 cm³/mol. The summed E-state index contributed by atoms with van der Waals surface area (Å²) in [5.41, 5.74) is 1.21. The first-order chi connectivity index (χ1) is 9.10. The molecule has 1 N–H and O–H groups in total. The van der Waals surface area contributed by atoms with Gasteiger partial charge in [0.05, 0.1) is 10.0 Å². The number of aryl methyl sites for hydroxylation is 1. The van der Waals surface area contributed by atoms with E-state index in [2.05, 4.69) is 18.3 Å². The average molecular weight is 316 g/mol. The Morgan fingerprint density at radius 1 is 1.21 bits per heavy atom. The molecule has 0 saturated heterocycles. The van der Waals surface area contributed by atoms with Crippen LogP contribution < -0.4 is 10.1 Å². The summed E-state index contributed by atoms with van der Waals surface area (Å²) >= 11 is 13.6. The van der Waals surface area contributed by atoms with Gasteiger partial charge in [0.15, 0.2) is 0 Å². The maximum Gasteiger partial charge on any atom is 0.121 e. The van der Waals surface area contributed by atoms with Gasteiger partial charge < -0.3 is 10.1 Å². The Kier molecular flexibility index (Phi) is 5.11. The first-order valence-electron chi connectivity index (χ1n) is 5.91. The van der Waals surface area contributed by atoms with Crippen LogP contribution in [0.4, 0.5) is 0 Å². The number of rotatable bonds is 5. The van der Waals surface area contributed by atoms with Crippen molar-refractivity contribution in [1.29, 1.82) is 0 Å². The molecule has 0 aliphatic carbocycles. The Morgan fingerprint density at radius 3 is 2.68 bits per heavy atom. The minimum Gasteiger partial charge on any atom is -0.489 e. The van der Waals surface area contributed by atoms with Crippen molar-refractivity contribution < 1.29 is 4.74 Å². The summed E-state index contributed by atoms with van der Waals surface area (Å²) in [6.45, 7) is 3.54. The minimum atomic E-state index is 0.511. The van der Waals surface area contributed by atoms with E-state index in [9.17, 15) is 0 Å². The third kappa shape index (κ3) is 3.86. The van der Waals surface area contributed by atoms with E-state index in [1.807, 2.05) is 13.1 Å². The van der Waals surface area contributed by atoms with Gasteiger partial charge in [-0.3, -0.25) is 0 Å². The van der Waals surface area contributed by atoms with E-state index in [1.54, 1.807) is 23.5 Å². The highest BCUT2D eigenvalue weighted by Gasteiger charge is 2.06. The van der Waals surface area contributed by atoms with Crippen LogP contribution in [-0.4, -0.2) is 7.05 Å². The van der Waals surface area contributed by atoms with E-state index in [1.165, 1.54) is 15.3 Å². The molecule has 0 unspecified atom stereocenters. The van der Waals surface area contributed by atoms with Crippen molar-refractivity contribution in [3.05, 3.63) is 49.6 Å². The molecule has 0 saturated carbocycles. The van der Waals surface area contributed by atoms with Crippen molar-refractivity contribution in [1.82, 2.24) is 5.32 Å². The number of hydrogen-bond donors (Lipinski definition) is 1. The Labute approximate surface area is 127 Å². The van der Waals surface area contributed by atoms with Gasteiger partial charge in [-0.05, 0) is 32.2 Å². The smallest absolute Gasteiger partial charge is 0.121 e. The molecule has 2 nitrogen and oxygen atoms in total. The molecule has 0 fully saturated rings. The summed E-state index contributed by atoms with van der Waals surface area (Å²) in [4.78, 5) is 2.60. The fraction of sp³-hybridized carbons (Fsp3) is 0.286. The van der Waals surface area contributed by atoms with Gasteiger partial charge in [0.2, 0.25) is 0 Å². The summed E-state index contributed by atoms with van der Waals surface area (Å²) in [6.07, 6.45) is 0. The predicted octanol–water partition coefficient (Wildman–Crippen LogP) is 4.66. The molecule has 0 aliphatic heterocycles. The van der Waals surface area contributed by atoms with Crippen LogP contribution in [0.25, 0.3) is 0 Å². The van der Waals surface area contributed by atoms with E-state index < -0.39 is 0 Å². The fourth-order valence-corrected chi connectivity index (χ4v) is 3.07. The molecule has 2 rings (SSSR count). The van der Waals surface area contributed by atoms with Crippen LogP contribution in [0.5, 0.6) is 5.75 Å². The van der Waals surface area contributed by atoms with E-state index in [-0.39, 0.29) is 0 Å². The van der Waals surface area contributed by atoms with Crippen molar-refractivity contribution in [3.8, 4) is 5.75 Å². The highest BCUT2D eigenvalue weighted by molar-refractivity contribution is 7.12. The summed E-state index contributed by atoms with van der Waals surface area (Å²) in [7, 11) is 1.95. The van der Waals surface area contributed by atoms with E-state index >= 15 is 0 Å². The maximum absolute atomic E-state index is 5.95. The largest absolute Gasteiger partial charge is 0.489 e. The lowest BCUT2D eigenvalue weighted by Crippen LogP contribution is -2.02. The summed E-state index contributed by atoms with van der Waals surface area (Å²) in [5.74, 6) is 0.732. The van der Waals surface area contributed by atoms with Crippen molar-refractivity contribution in [2.24, 2.45) is 0 Å². The van der Waals surface area contributed by atoms with Crippen LogP contribution in [0.15, 0.2) is 24.3 Å². The van der Waals surface area contributed by atoms with E-state index in [0.29, 0.717) is 16.7 Å². The molecule has 0 amide bonds. The Morgan fingerprint density at radius 2 is 2.00 bits per heavy atom. The average Bonchev–Trinajstić information content (AvgIpc) is 2.72. The fourth-order valence-electron chi connectivity index (χ4n) is 1.72. The molecule has 1 aromatic carbocycles. The Bertz CT molecular complexity index is 569. The molecule has 1 aromatic heterocycles. The van der Waals surface area contributed by atoms with Gasteiger partial charge in [-0.1, -0.05) is 23.2 Å². The summed E-state index contributed by atoms with van der Waals surface area (Å²) in [5, 5.41) is 4.20. The van der Waals surface area contributed by atoms with E-state index in [4.69, 9.17) is 27.9 Å². The molecule has 0 atom stereocenters. The minimum absolute atomic E-state index is 0.511. The zero-order chi connectivity index (χ0) is 13.8. The van der Waals surface area contributed by atoms with Gasteiger partial charge in [-0.2, -0.15) is 0 Å². The van der Waals surface area contributed by atoms with E-state index in [0.717, 1.165) is 12.3 Å². The number of halogens is 2. The van der Waals surface area contributed by atoms with Crippen LogP contribution >= 0.6 is 34.5 Å². The summed E-state index contributed by atoms with van der Waals surface area (Å²) in [6, 6.07) is 7.48. The quantitative estimate of drug-likeness (QED) is 0.866. The highest BCUT2D eigenvalue weighted by Crippen LogP contribution is 2.28. The topological polar surface area (TPSA) is 21.3 Å². The lowest BCUT2D eigenvalue weighted by atomic mass is 10.2. The first kappa shape index (κ1) is 14.7. The zero-order valence-electron chi connectivity index (χ0n) is 10.8. The molecular weight excluding hydrogens is 301 g/mol. The molecule has 0 bridgehead atoms. The lowest BCUT2D eigenvalue weighted by molar-refractivity contribution is 0.306. The number of benzene rings is 1. The van der Waals surface area contributed by atoms with Gasteiger partial charge in [0, 0.05) is 27.9 Å². The van der Waals surface area contributed by atoms with Crippen molar-refractivity contribution in [3.63, 3.8) is 0 Å². The number of nitrogens with one attached hydrogen (secondary N) is 1. The van der Waals surface area contributed by atoms with Gasteiger partial charge in [-0.25, -0.2) is 0 Å². The second-order valence-corrected chi connectivity index (χ2v) is 6.34. The normalized spacial score (nSPS) is 10.7. The molecule has 2 aromatic rings. The Balaban J connectivity index is 2.03. The Hall–Kier alpha value is -0.740. The number of ether oxygens (including phenoxy) is 1.